The monoisotopic (exact) mass is 196 g/mol. The van der Waals surface area contributed by atoms with E-state index in [0.717, 1.165) is 5.56 Å². The molecule has 6 heteroatoms. The minimum atomic E-state index is -0.690. The van der Waals surface area contributed by atoms with Crippen molar-refractivity contribution in [3.63, 3.8) is 0 Å². The maximum atomic E-state index is 11.5. The van der Waals surface area contributed by atoms with Crippen molar-refractivity contribution in [1.29, 1.82) is 0 Å². The molecule has 0 aliphatic heterocycles. The average Bonchev–Trinajstić information content (AvgIpc) is 2.51. The number of carbonyl (C=O) groups excluding carboxylic acids is 2. The summed E-state index contributed by atoms with van der Waals surface area (Å²) in [5, 5.41) is 8.67. The van der Waals surface area contributed by atoms with Crippen LogP contribution in [0, 0.1) is 6.92 Å². The number of aryl methyl sites for hydroxylation is 1. The SMILES string of the molecule is Cc1cn[nH]c1C(=O)N[C@@H](C)C(N)=O. The van der Waals surface area contributed by atoms with Crippen LogP contribution in [0.4, 0.5) is 0 Å². The largest absolute Gasteiger partial charge is 0.368 e. The van der Waals surface area contributed by atoms with Crippen LogP contribution >= 0.6 is 0 Å². The highest BCUT2D eigenvalue weighted by Gasteiger charge is 2.16. The Balaban J connectivity index is 2.69. The molecule has 0 bridgehead atoms. The molecule has 1 aromatic rings. The Morgan fingerprint density at radius 2 is 2.29 bits per heavy atom. The molecule has 76 valence electrons. The van der Waals surface area contributed by atoms with Crippen LogP contribution in [0.2, 0.25) is 0 Å². The van der Waals surface area contributed by atoms with E-state index in [9.17, 15) is 9.59 Å². The number of hydrogen-bond acceptors (Lipinski definition) is 3. The Hall–Kier alpha value is -1.85. The second-order valence-corrected chi connectivity index (χ2v) is 3.03. The van der Waals surface area contributed by atoms with E-state index in [4.69, 9.17) is 5.73 Å². The highest BCUT2D eigenvalue weighted by Crippen LogP contribution is 2.01. The number of nitrogens with two attached hydrogens (primary N) is 1. The van der Waals surface area contributed by atoms with E-state index < -0.39 is 11.9 Å². The summed E-state index contributed by atoms with van der Waals surface area (Å²) in [5.74, 6) is -0.957. The van der Waals surface area contributed by atoms with Gasteiger partial charge in [-0.1, -0.05) is 0 Å². The number of aromatic amines is 1. The summed E-state index contributed by atoms with van der Waals surface area (Å²) < 4.78 is 0. The van der Waals surface area contributed by atoms with Gasteiger partial charge in [0.15, 0.2) is 0 Å². The summed E-state index contributed by atoms with van der Waals surface area (Å²) in [6.07, 6.45) is 1.53. The Kier molecular flexibility index (Phi) is 2.85. The molecule has 14 heavy (non-hydrogen) atoms. The molecule has 1 aromatic heterocycles. The first kappa shape index (κ1) is 10.2. The van der Waals surface area contributed by atoms with Crippen LogP contribution in [0.3, 0.4) is 0 Å². The third-order valence-corrected chi connectivity index (χ3v) is 1.83. The van der Waals surface area contributed by atoms with E-state index >= 15 is 0 Å². The lowest BCUT2D eigenvalue weighted by Gasteiger charge is -2.08. The van der Waals surface area contributed by atoms with E-state index in [1.165, 1.54) is 13.1 Å². The Morgan fingerprint density at radius 3 is 2.71 bits per heavy atom. The van der Waals surface area contributed by atoms with Crippen molar-refractivity contribution < 1.29 is 9.59 Å². The van der Waals surface area contributed by atoms with Crippen molar-refractivity contribution in [2.75, 3.05) is 0 Å². The van der Waals surface area contributed by atoms with E-state index in [1.54, 1.807) is 6.92 Å². The van der Waals surface area contributed by atoms with Crippen molar-refractivity contribution in [2.45, 2.75) is 19.9 Å². The first-order chi connectivity index (χ1) is 6.52. The molecule has 0 spiro atoms. The zero-order valence-corrected chi connectivity index (χ0v) is 8.00. The molecule has 2 amide bonds. The van der Waals surface area contributed by atoms with Gasteiger partial charge in [-0.05, 0) is 19.4 Å². The van der Waals surface area contributed by atoms with Crippen LogP contribution in [0.15, 0.2) is 6.20 Å². The number of nitrogens with zero attached hydrogens (tertiary/aromatic N) is 1. The molecule has 1 atom stereocenters. The van der Waals surface area contributed by atoms with Crippen LogP contribution in [-0.2, 0) is 4.79 Å². The standard InChI is InChI=1S/C8H12N4O2/c1-4-3-10-12-6(4)8(14)11-5(2)7(9)13/h3,5H,1-2H3,(H2,9,13)(H,10,12)(H,11,14)/t5-/m0/s1. The number of primary amides is 1. The zero-order valence-electron chi connectivity index (χ0n) is 8.00. The molecule has 0 aliphatic carbocycles. The quantitative estimate of drug-likeness (QED) is 0.597. The number of carbonyl (C=O) groups is 2. The fourth-order valence-electron chi connectivity index (χ4n) is 0.916. The van der Waals surface area contributed by atoms with Gasteiger partial charge >= 0.3 is 0 Å². The number of nitrogens with one attached hydrogen (secondary N) is 2. The van der Waals surface area contributed by atoms with E-state index in [1.807, 2.05) is 0 Å². The molecule has 1 rings (SSSR count). The lowest BCUT2D eigenvalue weighted by molar-refractivity contribution is -0.119. The maximum Gasteiger partial charge on any atom is 0.270 e. The fourth-order valence-corrected chi connectivity index (χ4v) is 0.916. The summed E-state index contributed by atoms with van der Waals surface area (Å²) in [6, 6.07) is -0.690. The van der Waals surface area contributed by atoms with E-state index in [2.05, 4.69) is 15.5 Å². The lowest BCUT2D eigenvalue weighted by Crippen LogP contribution is -2.42. The number of hydrogen-bond donors (Lipinski definition) is 3. The molecular weight excluding hydrogens is 184 g/mol. The summed E-state index contributed by atoms with van der Waals surface area (Å²) in [5.41, 5.74) is 6.06. The molecule has 1 heterocycles. The smallest absolute Gasteiger partial charge is 0.270 e. The van der Waals surface area contributed by atoms with Crippen molar-refractivity contribution >= 4 is 11.8 Å². The molecule has 6 nitrogen and oxygen atoms in total. The lowest BCUT2D eigenvalue weighted by atomic mass is 10.2. The van der Waals surface area contributed by atoms with Crippen molar-refractivity contribution in [2.24, 2.45) is 5.73 Å². The van der Waals surface area contributed by atoms with Gasteiger partial charge in [0, 0.05) is 0 Å². The molecule has 0 fully saturated rings. The molecule has 0 aromatic carbocycles. The topological polar surface area (TPSA) is 101 Å². The third-order valence-electron chi connectivity index (χ3n) is 1.83. The minimum Gasteiger partial charge on any atom is -0.368 e. The van der Waals surface area contributed by atoms with Gasteiger partial charge in [0.25, 0.3) is 5.91 Å². The van der Waals surface area contributed by atoms with Crippen LogP contribution in [-0.4, -0.2) is 28.1 Å². The first-order valence-corrected chi connectivity index (χ1v) is 4.12. The first-order valence-electron chi connectivity index (χ1n) is 4.12. The molecule has 0 saturated carbocycles. The van der Waals surface area contributed by atoms with Gasteiger partial charge in [0.1, 0.15) is 11.7 Å². The average molecular weight is 196 g/mol. The van der Waals surface area contributed by atoms with Crippen molar-refractivity contribution in [3.05, 3.63) is 17.5 Å². The highest BCUT2D eigenvalue weighted by atomic mass is 16.2. The van der Waals surface area contributed by atoms with Gasteiger partial charge in [0.05, 0.1) is 6.20 Å². The van der Waals surface area contributed by atoms with Crippen LogP contribution in [0.1, 0.15) is 23.0 Å². The summed E-state index contributed by atoms with van der Waals surface area (Å²) >= 11 is 0. The van der Waals surface area contributed by atoms with Crippen molar-refractivity contribution in [1.82, 2.24) is 15.5 Å². The predicted octanol–water partition coefficient (Wildman–Crippen LogP) is -0.678. The van der Waals surface area contributed by atoms with Crippen LogP contribution in [0.25, 0.3) is 0 Å². The fraction of sp³-hybridized carbons (Fsp3) is 0.375. The molecule has 4 N–H and O–H groups in total. The van der Waals surface area contributed by atoms with Gasteiger partial charge < -0.3 is 11.1 Å². The van der Waals surface area contributed by atoms with Crippen LogP contribution in [0.5, 0.6) is 0 Å². The van der Waals surface area contributed by atoms with Gasteiger partial charge in [-0.3, -0.25) is 14.7 Å². The Bertz CT molecular complexity index is 358. The zero-order chi connectivity index (χ0) is 10.7. The van der Waals surface area contributed by atoms with Crippen molar-refractivity contribution in [3.8, 4) is 0 Å². The van der Waals surface area contributed by atoms with Gasteiger partial charge in [-0.25, -0.2) is 0 Å². The molecular formula is C8H12N4O2. The number of aromatic nitrogens is 2. The Morgan fingerprint density at radius 1 is 1.64 bits per heavy atom. The number of rotatable bonds is 3. The molecule has 0 unspecified atom stereocenters. The second kappa shape index (κ2) is 3.91. The molecule has 0 radical (unpaired) electrons. The number of amides is 2. The van der Waals surface area contributed by atoms with E-state index in [0.29, 0.717) is 5.69 Å². The third kappa shape index (κ3) is 2.09. The van der Waals surface area contributed by atoms with Crippen LogP contribution < -0.4 is 11.1 Å². The van der Waals surface area contributed by atoms with Gasteiger partial charge in [0.2, 0.25) is 5.91 Å². The second-order valence-electron chi connectivity index (χ2n) is 3.03. The van der Waals surface area contributed by atoms with Gasteiger partial charge in [-0.15, -0.1) is 0 Å². The van der Waals surface area contributed by atoms with E-state index in [-0.39, 0.29) is 5.91 Å². The highest BCUT2D eigenvalue weighted by molar-refractivity contribution is 5.96. The maximum absolute atomic E-state index is 11.5. The molecule has 0 aliphatic rings. The number of H-pyrrole nitrogens is 1. The summed E-state index contributed by atoms with van der Waals surface area (Å²) in [6.45, 7) is 3.26. The summed E-state index contributed by atoms with van der Waals surface area (Å²) in [4.78, 5) is 22.1. The van der Waals surface area contributed by atoms with Gasteiger partial charge in [-0.2, -0.15) is 5.10 Å². The Labute approximate surface area is 80.9 Å². The molecule has 0 saturated heterocycles. The summed E-state index contributed by atoms with van der Waals surface area (Å²) in [7, 11) is 0. The minimum absolute atomic E-state index is 0.345. The normalized spacial score (nSPS) is 12.1. The predicted molar refractivity (Wildman–Crippen MR) is 49.4 cm³/mol.